The Morgan fingerprint density at radius 2 is 2.07 bits per heavy atom. The topological polar surface area (TPSA) is 48.4 Å². The Morgan fingerprint density at radius 1 is 1.40 bits per heavy atom. The summed E-state index contributed by atoms with van der Waals surface area (Å²) in [5, 5.41) is 0. The monoisotopic (exact) mass is 227 g/mol. The summed E-state index contributed by atoms with van der Waals surface area (Å²) in [6.07, 6.45) is 3.24. The maximum atomic E-state index is 11.2. The van der Waals surface area contributed by atoms with Crippen LogP contribution in [-0.4, -0.2) is 18.2 Å². The molecule has 1 aromatic rings. The summed E-state index contributed by atoms with van der Waals surface area (Å²) >= 11 is 0. The number of nitrogens with zero attached hydrogens (tertiary/aromatic N) is 1. The van der Waals surface area contributed by atoms with Crippen molar-refractivity contribution >= 4 is 8.46 Å². The van der Waals surface area contributed by atoms with Crippen molar-refractivity contribution in [3.63, 3.8) is 0 Å². The lowest BCUT2D eigenvalue weighted by Gasteiger charge is -2.26. The van der Waals surface area contributed by atoms with Gasteiger partial charge in [0.15, 0.2) is 0 Å². The summed E-state index contributed by atoms with van der Waals surface area (Å²) in [7, 11) is -0.220. The molecule has 15 heavy (non-hydrogen) atoms. The molecule has 0 saturated carbocycles. The molecular weight excluding hydrogens is 213 g/mol. The van der Waals surface area contributed by atoms with E-state index in [1.807, 2.05) is 13.8 Å². The van der Waals surface area contributed by atoms with Crippen molar-refractivity contribution < 1.29 is 14.0 Å². The van der Waals surface area contributed by atoms with Crippen LogP contribution in [0.1, 0.15) is 19.4 Å². The van der Waals surface area contributed by atoms with Crippen molar-refractivity contribution in [2.75, 3.05) is 13.2 Å². The van der Waals surface area contributed by atoms with Gasteiger partial charge >= 0.3 is 0 Å². The second-order valence-electron chi connectivity index (χ2n) is 2.78. The van der Waals surface area contributed by atoms with E-state index >= 15 is 0 Å². The van der Waals surface area contributed by atoms with Crippen LogP contribution in [0.25, 0.3) is 0 Å². The van der Waals surface area contributed by atoms with Crippen molar-refractivity contribution in [1.82, 2.24) is 4.98 Å². The molecule has 0 radical (unpaired) electrons. The third-order valence-electron chi connectivity index (χ3n) is 1.83. The third kappa shape index (κ3) is 2.81. The summed E-state index contributed by atoms with van der Waals surface area (Å²) in [4.78, 5) is 3.96. The Hall–Kier alpha value is -0.830. The van der Waals surface area contributed by atoms with Crippen LogP contribution in [0, 0.1) is 0 Å². The fraction of sp³-hybridized carbons (Fsp3) is 0.500. The van der Waals surface area contributed by atoms with Crippen LogP contribution in [-0.2, 0) is 19.6 Å². The number of aromatic nitrogens is 1. The molecule has 1 rings (SSSR count). The standard InChI is InChI=1S/C10H14NO3P/c1-3-13-10(15-12,14-4-2)9-6-5-7-11-8-9/h5-8H,3-4H2,1-2H3. The highest BCUT2D eigenvalue weighted by molar-refractivity contribution is 7.24. The number of hydrogen-bond acceptors (Lipinski definition) is 4. The highest BCUT2D eigenvalue weighted by atomic mass is 31.1. The van der Waals surface area contributed by atoms with Gasteiger partial charge in [-0.1, -0.05) is 0 Å². The van der Waals surface area contributed by atoms with Gasteiger partial charge in [-0.15, -0.1) is 0 Å². The molecule has 0 bridgehead atoms. The van der Waals surface area contributed by atoms with Crippen LogP contribution >= 0.6 is 8.46 Å². The molecule has 4 nitrogen and oxygen atoms in total. The van der Waals surface area contributed by atoms with Gasteiger partial charge in [-0.2, -0.15) is 0 Å². The van der Waals surface area contributed by atoms with E-state index in [2.05, 4.69) is 4.98 Å². The van der Waals surface area contributed by atoms with E-state index in [0.717, 1.165) is 0 Å². The molecule has 5 heteroatoms. The molecule has 0 amide bonds. The molecule has 0 aliphatic heterocycles. The molecule has 0 aromatic carbocycles. The van der Waals surface area contributed by atoms with E-state index in [0.29, 0.717) is 18.8 Å². The molecule has 0 atom stereocenters. The first kappa shape index (κ1) is 12.2. The van der Waals surface area contributed by atoms with E-state index in [-0.39, 0.29) is 8.46 Å². The van der Waals surface area contributed by atoms with Crippen LogP contribution in [0.4, 0.5) is 0 Å². The first-order valence-corrected chi connectivity index (χ1v) is 5.63. The van der Waals surface area contributed by atoms with Gasteiger partial charge in [-0.05, 0) is 26.0 Å². The minimum atomic E-state index is -1.21. The van der Waals surface area contributed by atoms with Gasteiger partial charge < -0.3 is 9.47 Å². The highest BCUT2D eigenvalue weighted by Crippen LogP contribution is 2.37. The molecule has 1 aromatic heterocycles. The van der Waals surface area contributed by atoms with Gasteiger partial charge in [-0.25, -0.2) is 0 Å². The van der Waals surface area contributed by atoms with E-state index in [1.165, 1.54) is 0 Å². The van der Waals surface area contributed by atoms with Crippen molar-refractivity contribution in [3.05, 3.63) is 30.1 Å². The quantitative estimate of drug-likeness (QED) is 0.553. The van der Waals surface area contributed by atoms with E-state index in [9.17, 15) is 4.57 Å². The fourth-order valence-electron chi connectivity index (χ4n) is 1.25. The van der Waals surface area contributed by atoms with E-state index in [1.54, 1.807) is 24.5 Å². The van der Waals surface area contributed by atoms with Crippen LogP contribution in [0.2, 0.25) is 0 Å². The summed E-state index contributed by atoms with van der Waals surface area (Å²) in [5.41, 5.74) is -0.553. The summed E-state index contributed by atoms with van der Waals surface area (Å²) in [6, 6.07) is 3.54. The van der Waals surface area contributed by atoms with Crippen LogP contribution < -0.4 is 0 Å². The third-order valence-corrected chi connectivity index (χ3v) is 2.58. The lowest BCUT2D eigenvalue weighted by Crippen LogP contribution is -2.27. The average Bonchev–Trinajstić information content (AvgIpc) is 2.30. The normalized spacial score (nSPS) is 11.9. The molecule has 0 aliphatic rings. The molecule has 0 fully saturated rings. The molecule has 0 N–H and O–H groups in total. The SMILES string of the molecule is CCOC(OCC)(P=O)c1cccnc1. The van der Waals surface area contributed by atoms with Gasteiger partial charge in [-0.3, -0.25) is 9.55 Å². The first-order valence-electron chi connectivity index (χ1n) is 4.82. The second kappa shape index (κ2) is 5.91. The minimum absolute atomic E-state index is 0.220. The summed E-state index contributed by atoms with van der Waals surface area (Å²) in [5.74, 6) is 0. The zero-order valence-electron chi connectivity index (χ0n) is 8.84. The zero-order chi connectivity index (χ0) is 11.1. The van der Waals surface area contributed by atoms with Crippen molar-refractivity contribution in [2.45, 2.75) is 19.4 Å². The van der Waals surface area contributed by atoms with Gasteiger partial charge in [0.05, 0.1) is 0 Å². The predicted octanol–water partition coefficient (Wildman–Crippen LogP) is 2.56. The fourth-order valence-corrected chi connectivity index (χ4v) is 1.86. The molecule has 82 valence electrons. The Kier molecular flexibility index (Phi) is 4.82. The smallest absolute Gasteiger partial charge is 0.280 e. The molecule has 0 aliphatic carbocycles. The summed E-state index contributed by atoms with van der Waals surface area (Å²) < 4.78 is 22.1. The Labute approximate surface area is 90.8 Å². The number of rotatable bonds is 6. The zero-order valence-corrected chi connectivity index (χ0v) is 9.74. The largest absolute Gasteiger partial charge is 0.337 e. The van der Waals surface area contributed by atoms with Crippen LogP contribution in [0.5, 0.6) is 0 Å². The van der Waals surface area contributed by atoms with Crippen LogP contribution in [0.15, 0.2) is 24.5 Å². The predicted molar refractivity (Wildman–Crippen MR) is 56.8 cm³/mol. The maximum Gasteiger partial charge on any atom is 0.280 e. The average molecular weight is 227 g/mol. The van der Waals surface area contributed by atoms with Crippen LogP contribution in [0.3, 0.4) is 0 Å². The van der Waals surface area contributed by atoms with Gasteiger partial charge in [0.25, 0.3) is 5.53 Å². The molecule has 0 spiro atoms. The maximum absolute atomic E-state index is 11.2. The van der Waals surface area contributed by atoms with Gasteiger partial charge in [0, 0.05) is 31.2 Å². The van der Waals surface area contributed by atoms with Crippen molar-refractivity contribution in [2.24, 2.45) is 0 Å². The first-order chi connectivity index (χ1) is 7.29. The number of pyridine rings is 1. The number of ether oxygens (including phenoxy) is 2. The van der Waals surface area contributed by atoms with E-state index in [4.69, 9.17) is 9.47 Å². The number of hydrogen-bond donors (Lipinski definition) is 0. The lowest BCUT2D eigenvalue weighted by atomic mass is 10.3. The molecule has 0 saturated heterocycles. The Balaban J connectivity index is 3.03. The van der Waals surface area contributed by atoms with Gasteiger partial charge in [0.1, 0.15) is 0 Å². The van der Waals surface area contributed by atoms with Gasteiger partial charge in [0.2, 0.25) is 8.46 Å². The van der Waals surface area contributed by atoms with Crippen molar-refractivity contribution in [3.8, 4) is 0 Å². The molecule has 0 unspecified atom stereocenters. The Morgan fingerprint density at radius 3 is 2.47 bits per heavy atom. The lowest BCUT2D eigenvalue weighted by molar-refractivity contribution is -0.176. The molecular formula is C10H14NO3P. The highest BCUT2D eigenvalue weighted by Gasteiger charge is 2.35. The van der Waals surface area contributed by atoms with E-state index < -0.39 is 5.53 Å². The molecule has 1 heterocycles. The minimum Gasteiger partial charge on any atom is -0.337 e. The summed E-state index contributed by atoms with van der Waals surface area (Å²) in [6.45, 7) is 4.50. The Bertz CT molecular complexity index is 299. The van der Waals surface area contributed by atoms with Crippen molar-refractivity contribution in [1.29, 1.82) is 0 Å². The second-order valence-corrected chi connectivity index (χ2v) is 3.55.